The number of aryl methyl sites for hydroxylation is 1. The summed E-state index contributed by atoms with van der Waals surface area (Å²) in [5, 5.41) is 0.723. The quantitative estimate of drug-likeness (QED) is 0.359. The Morgan fingerprint density at radius 2 is 1.71 bits per heavy atom. The number of hydrogen-bond donors (Lipinski definition) is 0. The van der Waals surface area contributed by atoms with Crippen LogP contribution in [0.3, 0.4) is 0 Å². The van der Waals surface area contributed by atoms with Gasteiger partial charge in [0, 0.05) is 11.6 Å². The number of rotatable bonds is 5. The monoisotopic (exact) mass is 493 g/mol. The normalized spacial score (nSPS) is 14.9. The second-order valence-corrected chi connectivity index (χ2v) is 8.76. The summed E-state index contributed by atoms with van der Waals surface area (Å²) < 4.78 is 30.3. The Morgan fingerprint density at radius 3 is 2.40 bits per heavy atom. The number of carbonyl (C=O) groups is 1. The van der Waals surface area contributed by atoms with Crippen molar-refractivity contribution in [2.45, 2.75) is 19.5 Å². The second-order valence-electron chi connectivity index (χ2n) is 8.35. The van der Waals surface area contributed by atoms with Crippen molar-refractivity contribution in [3.63, 3.8) is 0 Å². The molecule has 1 aromatic heterocycles. The van der Waals surface area contributed by atoms with Crippen LogP contribution < -0.4 is 14.9 Å². The first-order valence-corrected chi connectivity index (χ1v) is 11.2. The van der Waals surface area contributed by atoms with E-state index in [1.54, 1.807) is 49.4 Å². The molecular weight excluding hydrogens is 473 g/mol. The number of halogens is 2. The van der Waals surface area contributed by atoms with Crippen LogP contribution in [-0.2, 0) is 6.54 Å². The van der Waals surface area contributed by atoms with E-state index in [2.05, 4.69) is 0 Å². The smallest absolute Gasteiger partial charge is 0.291 e. The molecule has 5 rings (SSSR count). The van der Waals surface area contributed by atoms with Crippen LogP contribution in [0.25, 0.3) is 11.0 Å². The SMILES string of the molecule is COc1ccc(C2c3c(oc4cc(C)c(Cl)cc4c3=O)C(=O)N2Cc2ccc(F)cc2)cc1OC. The first-order valence-electron chi connectivity index (χ1n) is 10.9. The lowest BCUT2D eigenvalue weighted by molar-refractivity contribution is 0.0714. The molecule has 0 saturated heterocycles. The third-order valence-corrected chi connectivity index (χ3v) is 6.64. The van der Waals surface area contributed by atoms with Gasteiger partial charge in [-0.3, -0.25) is 9.59 Å². The molecule has 1 amide bonds. The van der Waals surface area contributed by atoms with Gasteiger partial charge in [0.1, 0.15) is 11.4 Å². The zero-order valence-electron chi connectivity index (χ0n) is 19.2. The van der Waals surface area contributed by atoms with Gasteiger partial charge in [-0.15, -0.1) is 0 Å². The Bertz CT molecular complexity index is 1530. The standard InChI is InChI=1S/C27H21ClFNO5/c1-14-10-21-18(12-19(14)28)25(31)23-24(16-6-9-20(33-2)22(11-16)34-3)30(27(32)26(23)35-21)13-15-4-7-17(29)8-5-15/h4-12,24H,13H2,1-3H3. The number of methoxy groups -OCH3 is 2. The highest BCUT2D eigenvalue weighted by atomic mass is 35.5. The number of ether oxygens (including phenoxy) is 2. The largest absolute Gasteiger partial charge is 0.493 e. The maximum Gasteiger partial charge on any atom is 0.291 e. The van der Waals surface area contributed by atoms with E-state index in [-0.39, 0.29) is 29.1 Å². The van der Waals surface area contributed by atoms with Crippen LogP contribution in [0.4, 0.5) is 4.39 Å². The Kier molecular flexibility index (Phi) is 5.73. The Labute approximate surface area is 205 Å². The van der Waals surface area contributed by atoms with Gasteiger partial charge in [0.15, 0.2) is 16.9 Å². The molecule has 8 heteroatoms. The molecule has 6 nitrogen and oxygen atoms in total. The number of amides is 1. The van der Waals surface area contributed by atoms with E-state index in [0.717, 1.165) is 5.56 Å². The summed E-state index contributed by atoms with van der Waals surface area (Å²) in [6, 6.07) is 13.6. The van der Waals surface area contributed by atoms with E-state index < -0.39 is 11.9 Å². The summed E-state index contributed by atoms with van der Waals surface area (Å²) in [6.07, 6.45) is 0. The van der Waals surface area contributed by atoms with Crippen molar-refractivity contribution in [3.8, 4) is 11.5 Å². The molecule has 0 radical (unpaired) electrons. The summed E-state index contributed by atoms with van der Waals surface area (Å²) in [5.74, 6) is 0.133. The molecule has 4 aromatic rings. The average Bonchev–Trinajstić information content (AvgIpc) is 3.13. The molecule has 1 aliphatic rings. The fourth-order valence-corrected chi connectivity index (χ4v) is 4.62. The first-order chi connectivity index (χ1) is 16.8. The molecule has 1 aliphatic heterocycles. The Morgan fingerprint density at radius 1 is 1.00 bits per heavy atom. The van der Waals surface area contributed by atoms with Gasteiger partial charge in [-0.25, -0.2) is 4.39 Å². The Balaban J connectivity index is 1.74. The number of benzene rings is 3. The van der Waals surface area contributed by atoms with E-state index in [9.17, 15) is 14.0 Å². The lowest BCUT2D eigenvalue weighted by atomic mass is 9.97. The topological polar surface area (TPSA) is 69.0 Å². The predicted molar refractivity (Wildman–Crippen MR) is 130 cm³/mol. The zero-order valence-corrected chi connectivity index (χ0v) is 20.0. The fraction of sp³-hybridized carbons (Fsp3) is 0.185. The number of fused-ring (bicyclic) bond motifs is 2. The van der Waals surface area contributed by atoms with Crippen LogP contribution in [0, 0.1) is 12.7 Å². The van der Waals surface area contributed by atoms with Crippen molar-refractivity contribution in [1.82, 2.24) is 4.90 Å². The average molecular weight is 494 g/mol. The number of carbonyl (C=O) groups excluding carboxylic acids is 1. The van der Waals surface area contributed by atoms with E-state index in [1.807, 2.05) is 0 Å². The minimum Gasteiger partial charge on any atom is -0.493 e. The van der Waals surface area contributed by atoms with Crippen molar-refractivity contribution in [3.05, 3.63) is 104 Å². The van der Waals surface area contributed by atoms with Gasteiger partial charge in [0.05, 0.1) is 31.2 Å². The van der Waals surface area contributed by atoms with Gasteiger partial charge >= 0.3 is 0 Å². The molecule has 0 aliphatic carbocycles. The van der Waals surface area contributed by atoms with E-state index in [4.69, 9.17) is 25.5 Å². The molecule has 35 heavy (non-hydrogen) atoms. The lowest BCUT2D eigenvalue weighted by Crippen LogP contribution is -2.29. The molecular formula is C27H21ClFNO5. The number of hydrogen-bond acceptors (Lipinski definition) is 5. The Hall–Kier alpha value is -3.84. The number of nitrogens with zero attached hydrogens (tertiary/aromatic N) is 1. The summed E-state index contributed by atoms with van der Waals surface area (Å²) in [5.41, 5.74) is 2.25. The van der Waals surface area contributed by atoms with Gasteiger partial charge in [-0.05, 0) is 60.0 Å². The third-order valence-electron chi connectivity index (χ3n) is 6.24. The molecule has 0 spiro atoms. The highest BCUT2D eigenvalue weighted by Gasteiger charge is 2.43. The van der Waals surface area contributed by atoms with Gasteiger partial charge in [0.2, 0.25) is 5.76 Å². The van der Waals surface area contributed by atoms with E-state index >= 15 is 0 Å². The lowest BCUT2D eigenvalue weighted by Gasteiger charge is -2.26. The molecule has 1 atom stereocenters. The van der Waals surface area contributed by atoms with Crippen molar-refractivity contribution in [2.75, 3.05) is 14.2 Å². The van der Waals surface area contributed by atoms with Crippen molar-refractivity contribution >= 4 is 28.5 Å². The minimum atomic E-state index is -0.761. The van der Waals surface area contributed by atoms with Crippen LogP contribution in [0.5, 0.6) is 11.5 Å². The molecule has 2 heterocycles. The van der Waals surface area contributed by atoms with Crippen molar-refractivity contribution in [2.24, 2.45) is 0 Å². The van der Waals surface area contributed by atoms with Crippen LogP contribution in [0.2, 0.25) is 5.02 Å². The van der Waals surface area contributed by atoms with Crippen LogP contribution in [0.1, 0.15) is 38.9 Å². The van der Waals surface area contributed by atoms with E-state index in [0.29, 0.717) is 38.6 Å². The molecule has 0 bridgehead atoms. The van der Waals surface area contributed by atoms with Gasteiger partial charge < -0.3 is 18.8 Å². The summed E-state index contributed by atoms with van der Waals surface area (Å²) in [7, 11) is 3.04. The van der Waals surface area contributed by atoms with Crippen molar-refractivity contribution in [1.29, 1.82) is 0 Å². The zero-order chi connectivity index (χ0) is 24.9. The van der Waals surface area contributed by atoms with Gasteiger partial charge in [0.25, 0.3) is 5.91 Å². The summed E-state index contributed by atoms with van der Waals surface area (Å²) in [4.78, 5) is 28.9. The highest BCUT2D eigenvalue weighted by molar-refractivity contribution is 6.32. The van der Waals surface area contributed by atoms with Crippen LogP contribution >= 0.6 is 11.6 Å². The highest BCUT2D eigenvalue weighted by Crippen LogP contribution is 2.42. The van der Waals surface area contributed by atoms with Crippen LogP contribution in [-0.4, -0.2) is 25.0 Å². The molecule has 0 saturated carbocycles. The molecule has 0 N–H and O–H groups in total. The maximum atomic E-state index is 13.7. The van der Waals surface area contributed by atoms with Crippen molar-refractivity contribution < 1.29 is 23.1 Å². The van der Waals surface area contributed by atoms with Gasteiger partial charge in [-0.2, -0.15) is 0 Å². The third kappa shape index (κ3) is 3.82. The fourth-order valence-electron chi connectivity index (χ4n) is 4.46. The summed E-state index contributed by atoms with van der Waals surface area (Å²) >= 11 is 6.30. The maximum absolute atomic E-state index is 13.7. The molecule has 3 aromatic carbocycles. The first kappa shape index (κ1) is 22.9. The predicted octanol–water partition coefficient (Wildman–Crippen LogP) is 5.66. The summed E-state index contributed by atoms with van der Waals surface area (Å²) in [6.45, 7) is 1.93. The van der Waals surface area contributed by atoms with Crippen LogP contribution in [0.15, 0.2) is 63.8 Å². The molecule has 0 fully saturated rings. The van der Waals surface area contributed by atoms with E-state index in [1.165, 1.54) is 31.3 Å². The molecule has 178 valence electrons. The minimum absolute atomic E-state index is 0.0221. The van der Waals surface area contributed by atoms with Gasteiger partial charge in [-0.1, -0.05) is 29.8 Å². The molecule has 1 unspecified atom stereocenters. The second kappa shape index (κ2) is 8.74.